The van der Waals surface area contributed by atoms with Gasteiger partial charge in [-0.05, 0) is 39.8 Å². The Kier molecular flexibility index (Phi) is 6.17. The molecule has 0 aromatic carbocycles. The standard InChI is InChI=1S/C21H29N5O4/c1-20(2,3)30-19(28)26-11-12-29-21(4,15-26)18(27)25-9-7-24(8-10-25)17-6-5-16(13-22)14-23-17/h5-6,14H,7-12,15H2,1-4H3. The van der Waals surface area contributed by atoms with Crippen molar-refractivity contribution in [2.45, 2.75) is 38.9 Å². The molecule has 0 N–H and O–H groups in total. The minimum Gasteiger partial charge on any atom is -0.444 e. The molecule has 0 saturated carbocycles. The van der Waals surface area contributed by atoms with E-state index >= 15 is 0 Å². The van der Waals surface area contributed by atoms with Crippen molar-refractivity contribution in [3.63, 3.8) is 0 Å². The van der Waals surface area contributed by atoms with E-state index in [-0.39, 0.29) is 19.1 Å². The summed E-state index contributed by atoms with van der Waals surface area (Å²) < 4.78 is 11.3. The molecule has 9 heteroatoms. The Labute approximate surface area is 177 Å². The molecule has 1 unspecified atom stereocenters. The van der Waals surface area contributed by atoms with Crippen molar-refractivity contribution in [3.8, 4) is 6.07 Å². The Morgan fingerprint density at radius 1 is 1.17 bits per heavy atom. The molecule has 0 spiro atoms. The van der Waals surface area contributed by atoms with Crippen LogP contribution in [0.3, 0.4) is 0 Å². The first-order valence-corrected chi connectivity index (χ1v) is 10.1. The van der Waals surface area contributed by atoms with Crippen molar-refractivity contribution < 1.29 is 19.1 Å². The van der Waals surface area contributed by atoms with Gasteiger partial charge in [-0.3, -0.25) is 4.79 Å². The van der Waals surface area contributed by atoms with E-state index in [4.69, 9.17) is 14.7 Å². The van der Waals surface area contributed by atoms with E-state index in [0.717, 1.165) is 5.82 Å². The molecule has 1 aromatic rings. The van der Waals surface area contributed by atoms with Gasteiger partial charge >= 0.3 is 6.09 Å². The number of ether oxygens (including phenoxy) is 2. The summed E-state index contributed by atoms with van der Waals surface area (Å²) in [7, 11) is 0. The normalized spacial score (nSPS) is 22.4. The maximum Gasteiger partial charge on any atom is 0.410 e. The van der Waals surface area contributed by atoms with Gasteiger partial charge in [-0.2, -0.15) is 5.26 Å². The number of nitriles is 1. The van der Waals surface area contributed by atoms with E-state index in [1.807, 2.05) is 26.8 Å². The second-order valence-corrected chi connectivity index (χ2v) is 8.78. The van der Waals surface area contributed by atoms with Gasteiger partial charge in [0.25, 0.3) is 5.91 Å². The van der Waals surface area contributed by atoms with Gasteiger partial charge in [0.1, 0.15) is 17.5 Å². The maximum absolute atomic E-state index is 13.2. The average molecular weight is 415 g/mol. The van der Waals surface area contributed by atoms with Crippen LogP contribution in [-0.4, -0.2) is 83.9 Å². The van der Waals surface area contributed by atoms with Crippen molar-refractivity contribution in [1.29, 1.82) is 5.26 Å². The van der Waals surface area contributed by atoms with Gasteiger partial charge in [-0.25, -0.2) is 9.78 Å². The number of nitrogens with zero attached hydrogens (tertiary/aromatic N) is 5. The molecule has 2 aliphatic rings. The monoisotopic (exact) mass is 415 g/mol. The van der Waals surface area contributed by atoms with E-state index < -0.39 is 17.3 Å². The molecule has 9 nitrogen and oxygen atoms in total. The van der Waals surface area contributed by atoms with E-state index in [9.17, 15) is 9.59 Å². The Balaban J connectivity index is 1.59. The third-order valence-electron chi connectivity index (χ3n) is 5.15. The number of hydrogen-bond donors (Lipinski definition) is 0. The molecular weight excluding hydrogens is 386 g/mol. The van der Waals surface area contributed by atoms with Crippen LogP contribution in [0.1, 0.15) is 33.3 Å². The predicted molar refractivity (Wildman–Crippen MR) is 110 cm³/mol. The third-order valence-corrected chi connectivity index (χ3v) is 5.15. The molecule has 3 rings (SSSR count). The van der Waals surface area contributed by atoms with Crippen molar-refractivity contribution in [3.05, 3.63) is 23.9 Å². The molecular formula is C21H29N5O4. The molecule has 30 heavy (non-hydrogen) atoms. The van der Waals surface area contributed by atoms with Gasteiger partial charge in [0.05, 0.1) is 18.7 Å². The Hall–Kier alpha value is -2.86. The fraction of sp³-hybridized carbons (Fsp3) is 0.619. The summed E-state index contributed by atoms with van der Waals surface area (Å²) >= 11 is 0. The highest BCUT2D eigenvalue weighted by atomic mass is 16.6. The molecule has 0 radical (unpaired) electrons. The number of amides is 2. The first-order chi connectivity index (χ1) is 14.1. The SMILES string of the molecule is CC(C)(C)OC(=O)N1CCOC(C)(C(=O)N2CCN(c3ccc(C#N)cn3)CC2)C1. The van der Waals surface area contributed by atoms with Crippen LogP contribution in [0.15, 0.2) is 18.3 Å². The van der Waals surface area contributed by atoms with Crippen LogP contribution in [0.4, 0.5) is 10.6 Å². The zero-order valence-electron chi connectivity index (χ0n) is 18.1. The summed E-state index contributed by atoms with van der Waals surface area (Å²) in [6.45, 7) is 10.4. The molecule has 2 aliphatic heterocycles. The number of aromatic nitrogens is 1. The number of piperazine rings is 1. The summed E-state index contributed by atoms with van der Waals surface area (Å²) in [6.07, 6.45) is 1.12. The maximum atomic E-state index is 13.2. The van der Waals surface area contributed by atoms with Gasteiger partial charge in [0, 0.05) is 38.9 Å². The summed E-state index contributed by atoms with van der Waals surface area (Å²) in [5.74, 6) is 0.667. The van der Waals surface area contributed by atoms with E-state index in [1.165, 1.54) is 0 Å². The van der Waals surface area contributed by atoms with E-state index in [0.29, 0.717) is 38.3 Å². The zero-order chi connectivity index (χ0) is 21.9. The second-order valence-electron chi connectivity index (χ2n) is 8.78. The fourth-order valence-corrected chi connectivity index (χ4v) is 3.59. The second kappa shape index (κ2) is 8.48. The Bertz CT molecular complexity index is 821. The number of morpholine rings is 1. The summed E-state index contributed by atoms with van der Waals surface area (Å²) in [4.78, 5) is 35.4. The topological polar surface area (TPSA) is 99.0 Å². The largest absolute Gasteiger partial charge is 0.444 e. The van der Waals surface area contributed by atoms with Gasteiger partial charge in [-0.15, -0.1) is 0 Å². The molecule has 0 bridgehead atoms. The highest BCUT2D eigenvalue weighted by molar-refractivity contribution is 5.86. The van der Waals surface area contributed by atoms with E-state index in [1.54, 1.807) is 29.0 Å². The predicted octanol–water partition coefficient (Wildman–Crippen LogP) is 1.63. The highest BCUT2D eigenvalue weighted by Crippen LogP contribution is 2.24. The summed E-state index contributed by atoms with van der Waals surface area (Å²) in [5, 5.41) is 8.90. The third kappa shape index (κ3) is 5.00. The molecule has 2 amide bonds. The number of carbonyl (C=O) groups is 2. The minimum atomic E-state index is -1.09. The van der Waals surface area contributed by atoms with Crippen LogP contribution in [-0.2, 0) is 14.3 Å². The molecule has 3 heterocycles. The van der Waals surface area contributed by atoms with Crippen LogP contribution in [0.5, 0.6) is 0 Å². The number of pyridine rings is 1. The van der Waals surface area contributed by atoms with Crippen LogP contribution in [0, 0.1) is 11.3 Å². The molecule has 2 fully saturated rings. The average Bonchev–Trinajstić information content (AvgIpc) is 2.72. The lowest BCUT2D eigenvalue weighted by atomic mass is 10.0. The number of hydrogen-bond acceptors (Lipinski definition) is 7. The van der Waals surface area contributed by atoms with Crippen molar-refractivity contribution in [1.82, 2.24) is 14.8 Å². The first kappa shape index (κ1) is 21.8. The van der Waals surface area contributed by atoms with Gasteiger partial charge < -0.3 is 24.2 Å². The first-order valence-electron chi connectivity index (χ1n) is 10.1. The van der Waals surface area contributed by atoms with Crippen molar-refractivity contribution >= 4 is 17.8 Å². The van der Waals surface area contributed by atoms with Crippen molar-refractivity contribution in [2.75, 3.05) is 50.8 Å². The van der Waals surface area contributed by atoms with Gasteiger partial charge in [0.15, 0.2) is 5.60 Å². The van der Waals surface area contributed by atoms with Crippen LogP contribution < -0.4 is 4.90 Å². The zero-order valence-corrected chi connectivity index (χ0v) is 18.1. The highest BCUT2D eigenvalue weighted by Gasteiger charge is 2.44. The number of carbonyl (C=O) groups excluding carboxylic acids is 2. The van der Waals surface area contributed by atoms with Gasteiger partial charge in [0.2, 0.25) is 0 Å². The summed E-state index contributed by atoms with van der Waals surface area (Å²) in [5.41, 5.74) is -1.17. The smallest absolute Gasteiger partial charge is 0.410 e. The molecule has 0 aliphatic carbocycles. The Morgan fingerprint density at radius 3 is 2.43 bits per heavy atom. The van der Waals surface area contributed by atoms with Gasteiger partial charge in [-0.1, -0.05) is 0 Å². The lowest BCUT2D eigenvalue weighted by Crippen LogP contribution is -2.62. The molecule has 1 aromatic heterocycles. The molecule has 1 atom stereocenters. The van der Waals surface area contributed by atoms with Crippen LogP contribution in [0.25, 0.3) is 0 Å². The summed E-state index contributed by atoms with van der Waals surface area (Å²) in [6, 6.07) is 5.62. The minimum absolute atomic E-state index is 0.122. The Morgan fingerprint density at radius 2 is 1.87 bits per heavy atom. The quantitative estimate of drug-likeness (QED) is 0.724. The molecule has 2 saturated heterocycles. The van der Waals surface area contributed by atoms with Crippen LogP contribution >= 0.6 is 0 Å². The number of rotatable bonds is 2. The van der Waals surface area contributed by atoms with E-state index in [2.05, 4.69) is 16.0 Å². The number of anilines is 1. The molecule has 162 valence electrons. The lowest BCUT2D eigenvalue weighted by molar-refractivity contribution is -0.166. The van der Waals surface area contributed by atoms with Crippen molar-refractivity contribution in [2.24, 2.45) is 0 Å². The van der Waals surface area contributed by atoms with Crippen LogP contribution in [0.2, 0.25) is 0 Å². The fourth-order valence-electron chi connectivity index (χ4n) is 3.59. The lowest BCUT2D eigenvalue weighted by Gasteiger charge is -2.44.